The third-order valence-corrected chi connectivity index (χ3v) is 2.94. The van der Waals surface area contributed by atoms with E-state index in [4.69, 9.17) is 16.3 Å². The molecule has 0 atom stereocenters. The van der Waals surface area contributed by atoms with E-state index < -0.39 is 0 Å². The van der Waals surface area contributed by atoms with Crippen molar-refractivity contribution in [2.45, 2.75) is 6.42 Å². The summed E-state index contributed by atoms with van der Waals surface area (Å²) in [7, 11) is 0. The summed E-state index contributed by atoms with van der Waals surface area (Å²) < 4.78 is 5.34. The third kappa shape index (κ3) is 4.55. The summed E-state index contributed by atoms with van der Waals surface area (Å²) >= 11 is 5.93. The number of hydrogen-bond donors (Lipinski definition) is 1. The van der Waals surface area contributed by atoms with E-state index in [1.165, 1.54) is 0 Å². The number of aromatic nitrogens is 1. The van der Waals surface area contributed by atoms with Crippen LogP contribution in [0.15, 0.2) is 48.7 Å². The quantitative estimate of drug-likeness (QED) is 0.889. The van der Waals surface area contributed by atoms with Crippen molar-refractivity contribution in [2.75, 3.05) is 13.2 Å². The number of rotatable bonds is 6. The fourth-order valence-corrected chi connectivity index (χ4v) is 1.82. The molecule has 0 spiro atoms. The van der Waals surface area contributed by atoms with Gasteiger partial charge in [-0.3, -0.25) is 9.78 Å². The van der Waals surface area contributed by atoms with Crippen LogP contribution in [-0.2, 0) is 11.2 Å². The molecule has 1 aromatic heterocycles. The smallest absolute Gasteiger partial charge is 0.257 e. The summed E-state index contributed by atoms with van der Waals surface area (Å²) in [6.45, 7) is 0.480. The van der Waals surface area contributed by atoms with Crippen molar-refractivity contribution in [3.63, 3.8) is 0 Å². The highest BCUT2D eigenvalue weighted by Gasteiger charge is 2.05. The lowest BCUT2D eigenvalue weighted by atomic mass is 10.3. The molecule has 0 fully saturated rings. The summed E-state index contributed by atoms with van der Waals surface area (Å²) in [6.07, 6.45) is 2.43. The number of benzene rings is 1. The lowest BCUT2D eigenvalue weighted by Crippen LogP contribution is -2.30. The van der Waals surface area contributed by atoms with E-state index in [0.717, 1.165) is 5.69 Å². The van der Waals surface area contributed by atoms with Crippen LogP contribution in [0.2, 0.25) is 5.02 Å². The van der Waals surface area contributed by atoms with Crippen LogP contribution in [0.3, 0.4) is 0 Å². The number of halogens is 1. The van der Waals surface area contributed by atoms with Crippen LogP contribution in [0.5, 0.6) is 5.75 Å². The molecule has 0 saturated carbocycles. The Bertz CT molecular complexity index is 561. The zero-order valence-electron chi connectivity index (χ0n) is 10.9. The van der Waals surface area contributed by atoms with Gasteiger partial charge in [-0.1, -0.05) is 29.8 Å². The molecule has 1 aromatic carbocycles. The van der Waals surface area contributed by atoms with Gasteiger partial charge in [-0.2, -0.15) is 0 Å². The molecular weight excluding hydrogens is 276 g/mol. The molecule has 0 aliphatic rings. The summed E-state index contributed by atoms with van der Waals surface area (Å²) in [5, 5.41) is 3.27. The number of carbonyl (C=O) groups is 1. The second kappa shape index (κ2) is 7.50. The van der Waals surface area contributed by atoms with E-state index in [1.54, 1.807) is 24.4 Å². The van der Waals surface area contributed by atoms with Gasteiger partial charge < -0.3 is 10.1 Å². The molecule has 4 nitrogen and oxygen atoms in total. The lowest BCUT2D eigenvalue weighted by molar-refractivity contribution is -0.123. The number of ether oxygens (including phenoxy) is 1. The Labute approximate surface area is 122 Å². The molecule has 1 N–H and O–H groups in total. The fourth-order valence-electron chi connectivity index (χ4n) is 1.63. The molecule has 0 aliphatic carbocycles. The number of pyridine rings is 1. The van der Waals surface area contributed by atoms with Crippen LogP contribution in [0.1, 0.15) is 5.69 Å². The average Bonchev–Trinajstić information content (AvgIpc) is 2.47. The molecule has 1 heterocycles. The maximum absolute atomic E-state index is 11.6. The monoisotopic (exact) mass is 290 g/mol. The van der Waals surface area contributed by atoms with Crippen LogP contribution >= 0.6 is 11.6 Å². The van der Waals surface area contributed by atoms with Gasteiger partial charge in [-0.15, -0.1) is 0 Å². The van der Waals surface area contributed by atoms with Crippen LogP contribution < -0.4 is 10.1 Å². The Kier molecular flexibility index (Phi) is 5.38. The Hall–Kier alpha value is -2.07. The predicted molar refractivity (Wildman–Crippen MR) is 77.9 cm³/mol. The molecule has 2 aromatic rings. The van der Waals surface area contributed by atoms with Crippen LogP contribution in [-0.4, -0.2) is 24.0 Å². The molecule has 104 valence electrons. The van der Waals surface area contributed by atoms with Crippen LogP contribution in [0.4, 0.5) is 0 Å². The average molecular weight is 291 g/mol. The van der Waals surface area contributed by atoms with Crippen molar-refractivity contribution < 1.29 is 9.53 Å². The van der Waals surface area contributed by atoms with Crippen molar-refractivity contribution in [3.8, 4) is 5.75 Å². The van der Waals surface area contributed by atoms with Gasteiger partial charge in [0.25, 0.3) is 5.91 Å². The first-order valence-corrected chi connectivity index (χ1v) is 6.67. The minimum absolute atomic E-state index is 0.0497. The number of nitrogens with zero attached hydrogens (tertiary/aromatic N) is 1. The SMILES string of the molecule is O=C(COc1ccccc1Cl)NCCc1ccccn1. The molecule has 1 amide bonds. The fraction of sp³-hybridized carbons (Fsp3) is 0.200. The first-order valence-electron chi connectivity index (χ1n) is 6.29. The van der Waals surface area contributed by atoms with Gasteiger partial charge in [0, 0.05) is 24.9 Å². The van der Waals surface area contributed by atoms with Crippen LogP contribution in [0.25, 0.3) is 0 Å². The van der Waals surface area contributed by atoms with E-state index >= 15 is 0 Å². The van der Waals surface area contributed by atoms with Crippen molar-refractivity contribution in [2.24, 2.45) is 0 Å². The molecule has 20 heavy (non-hydrogen) atoms. The number of nitrogens with one attached hydrogen (secondary N) is 1. The first kappa shape index (κ1) is 14.3. The van der Waals surface area contributed by atoms with E-state index in [1.807, 2.05) is 24.3 Å². The summed E-state index contributed by atoms with van der Waals surface area (Å²) in [5.41, 5.74) is 0.944. The molecular formula is C15H15ClN2O2. The van der Waals surface area contributed by atoms with Crippen molar-refractivity contribution in [1.29, 1.82) is 0 Å². The highest BCUT2D eigenvalue weighted by molar-refractivity contribution is 6.32. The first-order chi connectivity index (χ1) is 9.75. The van der Waals surface area contributed by atoms with E-state index in [9.17, 15) is 4.79 Å². The lowest BCUT2D eigenvalue weighted by Gasteiger charge is -2.08. The number of hydrogen-bond acceptors (Lipinski definition) is 3. The summed E-state index contributed by atoms with van der Waals surface area (Å²) in [5.74, 6) is 0.329. The molecule has 0 bridgehead atoms. The predicted octanol–water partition coefficient (Wildman–Crippen LogP) is 2.47. The number of para-hydroxylation sites is 1. The maximum Gasteiger partial charge on any atom is 0.257 e. The Balaban J connectivity index is 1.70. The summed E-state index contributed by atoms with van der Waals surface area (Å²) in [6, 6.07) is 12.8. The van der Waals surface area contributed by atoms with Crippen molar-refractivity contribution in [3.05, 3.63) is 59.4 Å². The standard InChI is InChI=1S/C15H15ClN2O2/c16-13-6-1-2-7-14(13)20-11-15(19)18-10-8-12-5-3-4-9-17-12/h1-7,9H,8,10-11H2,(H,18,19). The van der Waals surface area contributed by atoms with Crippen molar-refractivity contribution in [1.82, 2.24) is 10.3 Å². The second-order valence-corrected chi connectivity index (χ2v) is 4.55. The zero-order chi connectivity index (χ0) is 14.2. The molecule has 0 aliphatic heterocycles. The van der Waals surface area contributed by atoms with E-state index in [-0.39, 0.29) is 12.5 Å². The Morgan fingerprint density at radius 2 is 2.00 bits per heavy atom. The maximum atomic E-state index is 11.6. The van der Waals surface area contributed by atoms with Crippen LogP contribution in [0, 0.1) is 0 Å². The highest BCUT2D eigenvalue weighted by atomic mass is 35.5. The molecule has 2 rings (SSSR count). The molecule has 0 unspecified atom stereocenters. The van der Waals surface area contributed by atoms with Gasteiger partial charge >= 0.3 is 0 Å². The Morgan fingerprint density at radius 3 is 2.75 bits per heavy atom. The van der Waals surface area contributed by atoms with Gasteiger partial charge in [0.1, 0.15) is 5.75 Å². The zero-order valence-corrected chi connectivity index (χ0v) is 11.6. The number of amides is 1. The largest absolute Gasteiger partial charge is 0.482 e. The molecule has 0 radical (unpaired) electrons. The molecule has 5 heteroatoms. The minimum atomic E-state index is -0.180. The minimum Gasteiger partial charge on any atom is -0.482 e. The Morgan fingerprint density at radius 1 is 1.20 bits per heavy atom. The van der Waals surface area contributed by atoms with Gasteiger partial charge in [-0.05, 0) is 24.3 Å². The van der Waals surface area contributed by atoms with Gasteiger partial charge in [0.2, 0.25) is 0 Å². The van der Waals surface area contributed by atoms with Crippen molar-refractivity contribution >= 4 is 17.5 Å². The summed E-state index contributed by atoms with van der Waals surface area (Å²) in [4.78, 5) is 15.8. The van der Waals surface area contributed by atoms with Gasteiger partial charge in [-0.25, -0.2) is 0 Å². The third-order valence-electron chi connectivity index (χ3n) is 2.62. The number of carbonyl (C=O) groups excluding carboxylic acids is 1. The normalized spacial score (nSPS) is 10.1. The van der Waals surface area contributed by atoms with Gasteiger partial charge in [0.05, 0.1) is 5.02 Å². The topological polar surface area (TPSA) is 51.2 Å². The molecule has 0 saturated heterocycles. The van der Waals surface area contributed by atoms with E-state index in [0.29, 0.717) is 23.7 Å². The van der Waals surface area contributed by atoms with E-state index in [2.05, 4.69) is 10.3 Å². The van der Waals surface area contributed by atoms with Gasteiger partial charge in [0.15, 0.2) is 6.61 Å². The second-order valence-electron chi connectivity index (χ2n) is 4.14. The highest BCUT2D eigenvalue weighted by Crippen LogP contribution is 2.22.